The van der Waals surface area contributed by atoms with Crippen molar-refractivity contribution in [3.63, 3.8) is 0 Å². The molecule has 19 heavy (non-hydrogen) atoms. The maximum absolute atomic E-state index is 5.88. The second kappa shape index (κ2) is 5.71. The molecule has 0 aliphatic rings. The van der Waals surface area contributed by atoms with Crippen molar-refractivity contribution in [3.05, 3.63) is 42.1 Å². The van der Waals surface area contributed by atoms with Gasteiger partial charge in [0.1, 0.15) is 5.69 Å². The Morgan fingerprint density at radius 3 is 2.37 bits per heavy atom. The molecule has 4 heteroatoms. The second-order valence-corrected chi connectivity index (χ2v) is 4.28. The van der Waals surface area contributed by atoms with Crippen LogP contribution in [-0.4, -0.2) is 19.2 Å². The number of hydrogen-bond donors (Lipinski definition) is 1. The molecule has 2 N–H and O–H groups in total. The third-order valence-corrected chi connectivity index (χ3v) is 3.15. The van der Waals surface area contributed by atoms with Crippen molar-refractivity contribution in [2.75, 3.05) is 20.0 Å². The van der Waals surface area contributed by atoms with E-state index in [9.17, 15) is 0 Å². The summed E-state index contributed by atoms with van der Waals surface area (Å²) >= 11 is 0. The minimum absolute atomic E-state index is 0.0738. The monoisotopic (exact) mass is 258 g/mol. The van der Waals surface area contributed by atoms with Gasteiger partial charge in [-0.15, -0.1) is 0 Å². The molecule has 0 saturated heterocycles. The fourth-order valence-electron chi connectivity index (χ4n) is 1.93. The first-order valence-electron chi connectivity index (χ1n) is 6.09. The highest BCUT2D eigenvalue weighted by molar-refractivity contribution is 5.73. The largest absolute Gasteiger partial charge is 0.492 e. The lowest BCUT2D eigenvalue weighted by Gasteiger charge is -2.12. The molecule has 100 valence electrons. The van der Waals surface area contributed by atoms with Crippen LogP contribution in [0.15, 0.2) is 36.5 Å². The molecule has 2 rings (SSSR count). The van der Waals surface area contributed by atoms with Crippen LogP contribution in [0.4, 0.5) is 5.69 Å². The van der Waals surface area contributed by atoms with Crippen LogP contribution in [0, 0.1) is 0 Å². The van der Waals surface area contributed by atoms with Gasteiger partial charge in [-0.2, -0.15) is 0 Å². The van der Waals surface area contributed by atoms with Crippen LogP contribution in [0.2, 0.25) is 0 Å². The summed E-state index contributed by atoms with van der Waals surface area (Å²) in [5, 5.41) is 0. The van der Waals surface area contributed by atoms with Gasteiger partial charge in [-0.05, 0) is 18.6 Å². The first-order chi connectivity index (χ1) is 9.17. The Balaban J connectivity index is 2.40. The Labute approximate surface area is 113 Å². The highest BCUT2D eigenvalue weighted by Gasteiger charge is 2.11. The number of nitrogens with zero attached hydrogens (tertiary/aromatic N) is 1. The van der Waals surface area contributed by atoms with Gasteiger partial charge in [0.25, 0.3) is 0 Å². The Kier molecular flexibility index (Phi) is 4.02. The molecule has 4 nitrogen and oxygen atoms in total. The Bertz CT molecular complexity index is 553. The summed E-state index contributed by atoms with van der Waals surface area (Å²) in [5.41, 5.74) is 9.31. The normalized spacial score (nSPS) is 12.2. The van der Waals surface area contributed by atoms with Crippen molar-refractivity contribution >= 4 is 5.69 Å². The molecule has 0 saturated carbocycles. The molecule has 1 aromatic carbocycles. The van der Waals surface area contributed by atoms with Crippen LogP contribution in [0.3, 0.4) is 0 Å². The molecule has 0 amide bonds. The van der Waals surface area contributed by atoms with Gasteiger partial charge in [-0.3, -0.25) is 4.98 Å². The van der Waals surface area contributed by atoms with Crippen molar-refractivity contribution < 1.29 is 9.47 Å². The zero-order chi connectivity index (χ0) is 13.8. The number of pyridine rings is 1. The molecule has 0 spiro atoms. The smallest absolute Gasteiger partial charge is 0.167 e. The summed E-state index contributed by atoms with van der Waals surface area (Å²) in [5.74, 6) is 0.607. The van der Waals surface area contributed by atoms with Gasteiger partial charge in [0.2, 0.25) is 0 Å². The van der Waals surface area contributed by atoms with E-state index in [1.165, 1.54) is 0 Å². The molecular formula is C15H18N2O2. The van der Waals surface area contributed by atoms with Crippen LogP contribution in [0.1, 0.15) is 18.6 Å². The molecule has 1 heterocycles. The maximum atomic E-state index is 5.88. The van der Waals surface area contributed by atoms with Crippen LogP contribution < -0.4 is 10.5 Å². The Morgan fingerprint density at radius 2 is 1.79 bits per heavy atom. The van der Waals surface area contributed by atoms with E-state index in [2.05, 4.69) is 4.98 Å². The first kappa shape index (κ1) is 13.4. The van der Waals surface area contributed by atoms with E-state index in [0.29, 0.717) is 11.4 Å². The summed E-state index contributed by atoms with van der Waals surface area (Å²) in [6.07, 6.45) is 1.75. The van der Waals surface area contributed by atoms with E-state index >= 15 is 0 Å². The van der Waals surface area contributed by atoms with Gasteiger partial charge < -0.3 is 15.2 Å². The van der Waals surface area contributed by atoms with Crippen molar-refractivity contribution in [2.24, 2.45) is 0 Å². The van der Waals surface area contributed by atoms with Crippen LogP contribution in [0.5, 0.6) is 5.75 Å². The molecule has 0 aliphatic heterocycles. The number of nitrogen functional groups attached to an aromatic ring is 1. The van der Waals surface area contributed by atoms with E-state index in [4.69, 9.17) is 15.2 Å². The molecule has 1 aromatic heterocycles. The number of rotatable bonds is 4. The summed E-state index contributed by atoms with van der Waals surface area (Å²) in [6, 6.07) is 9.76. The van der Waals surface area contributed by atoms with Crippen LogP contribution >= 0.6 is 0 Å². The third-order valence-electron chi connectivity index (χ3n) is 3.15. The zero-order valence-electron chi connectivity index (χ0n) is 11.4. The van der Waals surface area contributed by atoms with Crippen LogP contribution in [0.25, 0.3) is 11.3 Å². The fraction of sp³-hybridized carbons (Fsp3) is 0.267. The predicted octanol–water partition coefficient (Wildman–Crippen LogP) is 3.05. The molecule has 0 radical (unpaired) electrons. The SMILES string of the molecule is COc1c(N)ccnc1-c1ccc([C@H](C)OC)cc1. The van der Waals surface area contributed by atoms with Gasteiger partial charge in [0.05, 0.1) is 18.9 Å². The van der Waals surface area contributed by atoms with Gasteiger partial charge in [0.15, 0.2) is 5.75 Å². The third kappa shape index (κ3) is 2.69. The maximum Gasteiger partial charge on any atom is 0.167 e. The fourth-order valence-corrected chi connectivity index (χ4v) is 1.93. The van der Waals surface area contributed by atoms with Crippen molar-refractivity contribution in [2.45, 2.75) is 13.0 Å². The topological polar surface area (TPSA) is 57.4 Å². The number of ether oxygens (including phenoxy) is 2. The van der Waals surface area contributed by atoms with Crippen molar-refractivity contribution in [3.8, 4) is 17.0 Å². The molecule has 1 atom stereocenters. The Morgan fingerprint density at radius 1 is 1.11 bits per heavy atom. The van der Waals surface area contributed by atoms with Crippen LogP contribution in [-0.2, 0) is 4.74 Å². The van der Waals surface area contributed by atoms with Crippen molar-refractivity contribution in [1.29, 1.82) is 0 Å². The summed E-state index contributed by atoms with van der Waals surface area (Å²) in [4.78, 5) is 4.34. The van der Waals surface area contributed by atoms with E-state index in [0.717, 1.165) is 16.8 Å². The molecular weight excluding hydrogens is 240 g/mol. The summed E-state index contributed by atoms with van der Waals surface area (Å²) in [7, 11) is 3.29. The number of methoxy groups -OCH3 is 2. The zero-order valence-corrected chi connectivity index (χ0v) is 11.4. The molecule has 0 unspecified atom stereocenters. The number of benzene rings is 1. The number of hydrogen-bond acceptors (Lipinski definition) is 4. The summed E-state index contributed by atoms with van der Waals surface area (Å²) in [6.45, 7) is 2.01. The molecule has 0 fully saturated rings. The minimum Gasteiger partial charge on any atom is -0.492 e. The standard InChI is InChI=1S/C15H18N2O2/c1-10(18-2)11-4-6-12(7-5-11)14-15(19-3)13(16)8-9-17-14/h4-10H,1-3H3,(H2,16,17)/t10-/m0/s1. The highest BCUT2D eigenvalue weighted by atomic mass is 16.5. The number of nitrogens with two attached hydrogens (primary N) is 1. The van der Waals surface area contributed by atoms with E-state index < -0.39 is 0 Å². The Hall–Kier alpha value is -2.07. The van der Waals surface area contributed by atoms with Gasteiger partial charge in [0, 0.05) is 18.9 Å². The van der Waals surface area contributed by atoms with Gasteiger partial charge in [-0.1, -0.05) is 24.3 Å². The van der Waals surface area contributed by atoms with Gasteiger partial charge >= 0.3 is 0 Å². The predicted molar refractivity (Wildman–Crippen MR) is 76.1 cm³/mol. The second-order valence-electron chi connectivity index (χ2n) is 4.28. The lowest BCUT2D eigenvalue weighted by molar-refractivity contribution is 0.119. The van der Waals surface area contributed by atoms with E-state index in [1.807, 2.05) is 31.2 Å². The number of aromatic nitrogens is 1. The molecule has 2 aromatic rings. The van der Waals surface area contributed by atoms with E-state index in [-0.39, 0.29) is 6.10 Å². The summed E-state index contributed by atoms with van der Waals surface area (Å²) < 4.78 is 10.6. The quantitative estimate of drug-likeness (QED) is 0.915. The van der Waals surface area contributed by atoms with E-state index in [1.54, 1.807) is 26.5 Å². The highest BCUT2D eigenvalue weighted by Crippen LogP contribution is 2.33. The average molecular weight is 258 g/mol. The molecule has 0 aliphatic carbocycles. The lowest BCUT2D eigenvalue weighted by atomic mass is 10.0. The average Bonchev–Trinajstić information content (AvgIpc) is 2.46. The minimum atomic E-state index is 0.0738. The molecule has 0 bridgehead atoms. The number of anilines is 1. The van der Waals surface area contributed by atoms with Gasteiger partial charge in [-0.25, -0.2) is 0 Å². The van der Waals surface area contributed by atoms with Crippen molar-refractivity contribution in [1.82, 2.24) is 4.98 Å². The first-order valence-corrected chi connectivity index (χ1v) is 6.09. The lowest BCUT2D eigenvalue weighted by Crippen LogP contribution is -1.98.